The molecule has 0 saturated heterocycles. The average Bonchev–Trinajstić information content (AvgIpc) is 2.37. The summed E-state index contributed by atoms with van der Waals surface area (Å²) < 4.78 is 9.86. The van der Waals surface area contributed by atoms with Crippen molar-refractivity contribution < 1.29 is 19.1 Å². The van der Waals surface area contributed by atoms with E-state index < -0.39 is 17.9 Å². The van der Waals surface area contributed by atoms with Crippen LogP contribution in [0.15, 0.2) is 24.3 Å². The highest BCUT2D eigenvalue weighted by molar-refractivity contribution is 6.31. The van der Waals surface area contributed by atoms with Crippen molar-refractivity contribution in [1.82, 2.24) is 0 Å². The molecule has 0 radical (unpaired) electrons. The number of carbonyl (C=O) groups excluding carboxylic acids is 2. The predicted molar refractivity (Wildman–Crippen MR) is 72.1 cm³/mol. The zero-order valence-electron chi connectivity index (χ0n) is 11.0. The lowest BCUT2D eigenvalue weighted by Gasteiger charge is -2.16. The molecule has 0 fully saturated rings. The summed E-state index contributed by atoms with van der Waals surface area (Å²) >= 11 is 6.06. The lowest BCUT2D eigenvalue weighted by Crippen LogP contribution is -2.21. The van der Waals surface area contributed by atoms with Gasteiger partial charge in [-0.3, -0.25) is 9.59 Å². The first-order chi connectivity index (χ1) is 9.10. The summed E-state index contributed by atoms with van der Waals surface area (Å²) in [4.78, 5) is 23.5. The van der Waals surface area contributed by atoms with Gasteiger partial charge in [0.1, 0.15) is 0 Å². The Morgan fingerprint density at radius 1 is 1.16 bits per heavy atom. The monoisotopic (exact) mass is 284 g/mol. The molecule has 0 saturated carbocycles. The van der Waals surface area contributed by atoms with Gasteiger partial charge in [-0.1, -0.05) is 29.8 Å². The number of ether oxygens (including phenoxy) is 2. The normalized spacial score (nSPS) is 11.7. The molecule has 1 rings (SSSR count). The Balaban J connectivity index is 2.95. The van der Waals surface area contributed by atoms with Crippen molar-refractivity contribution in [3.63, 3.8) is 0 Å². The number of hydrogen-bond donors (Lipinski definition) is 0. The molecule has 1 atom stereocenters. The molecule has 0 unspecified atom stereocenters. The van der Waals surface area contributed by atoms with Gasteiger partial charge in [0.05, 0.1) is 25.6 Å². The molecule has 0 aromatic heterocycles. The Labute approximate surface area is 117 Å². The van der Waals surface area contributed by atoms with E-state index in [2.05, 4.69) is 0 Å². The predicted octanol–water partition coefficient (Wildman–Crippen LogP) is 2.94. The van der Waals surface area contributed by atoms with Crippen molar-refractivity contribution >= 4 is 23.5 Å². The smallest absolute Gasteiger partial charge is 0.314 e. The van der Waals surface area contributed by atoms with Gasteiger partial charge in [-0.05, 0) is 25.5 Å². The Hall–Kier alpha value is -1.55. The molecule has 19 heavy (non-hydrogen) atoms. The van der Waals surface area contributed by atoms with Crippen LogP contribution in [-0.4, -0.2) is 25.2 Å². The Morgan fingerprint density at radius 2 is 1.79 bits per heavy atom. The number of carbonyl (C=O) groups is 2. The fourth-order valence-electron chi connectivity index (χ4n) is 1.71. The summed E-state index contributed by atoms with van der Waals surface area (Å²) in [7, 11) is 0. The van der Waals surface area contributed by atoms with Crippen molar-refractivity contribution in [3.8, 4) is 0 Å². The number of benzene rings is 1. The van der Waals surface area contributed by atoms with Gasteiger partial charge in [-0.15, -0.1) is 0 Å². The molecular formula is C14H17ClO4. The van der Waals surface area contributed by atoms with Crippen LogP contribution in [0.5, 0.6) is 0 Å². The van der Waals surface area contributed by atoms with Gasteiger partial charge in [-0.25, -0.2) is 0 Å². The van der Waals surface area contributed by atoms with Gasteiger partial charge in [0.15, 0.2) is 0 Å². The van der Waals surface area contributed by atoms with E-state index in [0.717, 1.165) is 0 Å². The summed E-state index contributed by atoms with van der Waals surface area (Å²) in [5.74, 6) is -1.64. The van der Waals surface area contributed by atoms with E-state index in [0.29, 0.717) is 10.6 Å². The van der Waals surface area contributed by atoms with Crippen LogP contribution in [0, 0.1) is 0 Å². The zero-order valence-corrected chi connectivity index (χ0v) is 11.8. The average molecular weight is 285 g/mol. The molecule has 1 aromatic carbocycles. The highest BCUT2D eigenvalue weighted by atomic mass is 35.5. The molecule has 0 bridgehead atoms. The Morgan fingerprint density at radius 3 is 2.37 bits per heavy atom. The highest BCUT2D eigenvalue weighted by Gasteiger charge is 2.27. The van der Waals surface area contributed by atoms with Crippen LogP contribution in [0.25, 0.3) is 0 Å². The molecule has 0 N–H and O–H groups in total. The van der Waals surface area contributed by atoms with Gasteiger partial charge in [0, 0.05) is 5.02 Å². The summed E-state index contributed by atoms with van der Waals surface area (Å²) in [6.07, 6.45) is -0.0730. The van der Waals surface area contributed by atoms with Gasteiger partial charge in [-0.2, -0.15) is 0 Å². The fraction of sp³-hybridized carbons (Fsp3) is 0.429. The second kappa shape index (κ2) is 7.79. The maximum absolute atomic E-state index is 11.9. The van der Waals surface area contributed by atoms with Crippen LogP contribution in [0.2, 0.25) is 5.02 Å². The number of hydrogen-bond acceptors (Lipinski definition) is 4. The second-order valence-electron chi connectivity index (χ2n) is 3.84. The largest absolute Gasteiger partial charge is 0.466 e. The summed E-state index contributed by atoms with van der Waals surface area (Å²) in [6.45, 7) is 3.96. The van der Waals surface area contributed by atoms with Gasteiger partial charge >= 0.3 is 11.9 Å². The van der Waals surface area contributed by atoms with Crippen LogP contribution in [0.4, 0.5) is 0 Å². The third-order valence-electron chi connectivity index (χ3n) is 2.53. The van der Waals surface area contributed by atoms with Crippen LogP contribution >= 0.6 is 11.6 Å². The van der Waals surface area contributed by atoms with Gasteiger partial charge in [0.2, 0.25) is 0 Å². The van der Waals surface area contributed by atoms with E-state index in [9.17, 15) is 9.59 Å². The number of esters is 2. The third-order valence-corrected chi connectivity index (χ3v) is 2.87. The van der Waals surface area contributed by atoms with Crippen molar-refractivity contribution in [3.05, 3.63) is 34.9 Å². The van der Waals surface area contributed by atoms with E-state index in [1.54, 1.807) is 38.1 Å². The van der Waals surface area contributed by atoms with Gasteiger partial charge < -0.3 is 9.47 Å². The molecule has 0 aliphatic carbocycles. The molecule has 1 aromatic rings. The number of halogens is 1. The van der Waals surface area contributed by atoms with Crippen molar-refractivity contribution in [1.29, 1.82) is 0 Å². The lowest BCUT2D eigenvalue weighted by atomic mass is 9.96. The van der Waals surface area contributed by atoms with E-state index >= 15 is 0 Å². The maximum Gasteiger partial charge on any atom is 0.314 e. The molecule has 0 spiro atoms. The van der Waals surface area contributed by atoms with Gasteiger partial charge in [0.25, 0.3) is 0 Å². The van der Waals surface area contributed by atoms with Crippen LogP contribution in [-0.2, 0) is 19.1 Å². The molecule has 0 amide bonds. The quantitative estimate of drug-likeness (QED) is 0.754. The lowest BCUT2D eigenvalue weighted by molar-refractivity contribution is -0.151. The summed E-state index contributed by atoms with van der Waals surface area (Å²) in [5, 5.41) is 0.435. The minimum absolute atomic E-state index is 0.0730. The first-order valence-corrected chi connectivity index (χ1v) is 6.54. The summed E-state index contributed by atoms with van der Waals surface area (Å²) in [5.41, 5.74) is 0.579. The molecule has 5 heteroatoms. The van der Waals surface area contributed by atoms with Crippen LogP contribution in [0.1, 0.15) is 31.7 Å². The second-order valence-corrected chi connectivity index (χ2v) is 4.24. The Bertz CT molecular complexity index is 445. The Kier molecular flexibility index (Phi) is 6.36. The standard InChI is InChI=1S/C14H17ClO4/c1-3-18-13(16)9-11(14(17)19-4-2)10-7-5-6-8-12(10)15/h5-8,11H,3-4,9H2,1-2H3/t11-/m0/s1. The van der Waals surface area contributed by atoms with E-state index in [4.69, 9.17) is 21.1 Å². The SMILES string of the molecule is CCOC(=O)C[C@H](C(=O)OCC)c1ccccc1Cl. The number of rotatable bonds is 6. The zero-order chi connectivity index (χ0) is 14.3. The molecule has 0 aliphatic rings. The maximum atomic E-state index is 11.9. The van der Waals surface area contributed by atoms with Crippen LogP contribution < -0.4 is 0 Å². The first-order valence-electron chi connectivity index (χ1n) is 6.16. The molecular weight excluding hydrogens is 268 g/mol. The molecule has 0 aliphatic heterocycles. The summed E-state index contributed by atoms with van der Waals surface area (Å²) in [6, 6.07) is 6.91. The minimum Gasteiger partial charge on any atom is -0.466 e. The minimum atomic E-state index is -0.729. The topological polar surface area (TPSA) is 52.6 Å². The van der Waals surface area contributed by atoms with Crippen molar-refractivity contribution in [2.75, 3.05) is 13.2 Å². The van der Waals surface area contributed by atoms with Crippen LogP contribution in [0.3, 0.4) is 0 Å². The van der Waals surface area contributed by atoms with E-state index in [1.807, 2.05) is 0 Å². The molecule has 4 nitrogen and oxygen atoms in total. The third kappa shape index (κ3) is 4.56. The first kappa shape index (κ1) is 15.5. The van der Waals surface area contributed by atoms with E-state index in [1.165, 1.54) is 0 Å². The molecule has 104 valence electrons. The fourth-order valence-corrected chi connectivity index (χ4v) is 1.97. The van der Waals surface area contributed by atoms with Crippen molar-refractivity contribution in [2.45, 2.75) is 26.2 Å². The molecule has 0 heterocycles. The highest BCUT2D eigenvalue weighted by Crippen LogP contribution is 2.28. The van der Waals surface area contributed by atoms with E-state index in [-0.39, 0.29) is 19.6 Å². The van der Waals surface area contributed by atoms with Crippen molar-refractivity contribution in [2.24, 2.45) is 0 Å².